The molecule has 2 aromatic heterocycles. The average molecular weight is 522 g/mol. The number of methoxy groups -OCH3 is 1. The summed E-state index contributed by atoms with van der Waals surface area (Å²) in [6.07, 6.45) is 6.51. The van der Waals surface area contributed by atoms with Crippen molar-refractivity contribution in [3.05, 3.63) is 77.1 Å². The number of ether oxygens (including phenoxy) is 2. The van der Waals surface area contributed by atoms with Gasteiger partial charge in [0.2, 0.25) is 0 Å². The van der Waals surface area contributed by atoms with Crippen molar-refractivity contribution in [2.45, 2.75) is 57.3 Å². The fourth-order valence-electron chi connectivity index (χ4n) is 5.11. The van der Waals surface area contributed by atoms with E-state index in [2.05, 4.69) is 44.6 Å². The van der Waals surface area contributed by atoms with Crippen LogP contribution in [0.3, 0.4) is 0 Å². The second kappa shape index (κ2) is 12.0. The van der Waals surface area contributed by atoms with Gasteiger partial charge < -0.3 is 29.6 Å². The highest BCUT2D eigenvalue weighted by Crippen LogP contribution is 2.33. The zero-order chi connectivity index (χ0) is 26.5. The molecular formula is C28H35N5O5. The van der Waals surface area contributed by atoms with Crippen LogP contribution in [0.25, 0.3) is 0 Å². The number of carbonyl (C=O) groups excluding carboxylic acids is 1. The Bertz CT molecular complexity index is 1210. The van der Waals surface area contributed by atoms with E-state index in [4.69, 9.17) is 13.9 Å². The molecule has 2 atom stereocenters. The lowest BCUT2D eigenvalue weighted by Gasteiger charge is -2.38. The summed E-state index contributed by atoms with van der Waals surface area (Å²) in [7, 11) is 1.72. The molecule has 1 aromatic carbocycles. The number of hydrogen-bond acceptors (Lipinski definition) is 9. The number of pyridine rings is 1. The van der Waals surface area contributed by atoms with Crippen molar-refractivity contribution in [3.8, 4) is 0 Å². The van der Waals surface area contributed by atoms with Crippen molar-refractivity contribution in [2.75, 3.05) is 32.1 Å². The van der Waals surface area contributed by atoms with Gasteiger partial charge in [-0.05, 0) is 55.0 Å². The normalized spacial score (nSPS) is 21.8. The third kappa shape index (κ3) is 6.21. The van der Waals surface area contributed by atoms with E-state index in [1.807, 2.05) is 6.07 Å². The predicted molar refractivity (Wildman–Crippen MR) is 141 cm³/mol. The highest BCUT2D eigenvalue weighted by Gasteiger charge is 2.31. The molecule has 3 heterocycles. The van der Waals surface area contributed by atoms with Gasteiger partial charge in [0.15, 0.2) is 6.39 Å². The van der Waals surface area contributed by atoms with E-state index < -0.39 is 6.10 Å². The summed E-state index contributed by atoms with van der Waals surface area (Å²) in [5.74, 6) is 1.04. The van der Waals surface area contributed by atoms with Gasteiger partial charge in [-0.1, -0.05) is 18.2 Å². The van der Waals surface area contributed by atoms with E-state index in [-0.39, 0.29) is 31.4 Å². The van der Waals surface area contributed by atoms with Crippen molar-refractivity contribution in [1.82, 2.24) is 20.2 Å². The van der Waals surface area contributed by atoms with Gasteiger partial charge in [-0.3, -0.25) is 9.69 Å². The third-order valence-corrected chi connectivity index (χ3v) is 7.31. The van der Waals surface area contributed by atoms with Gasteiger partial charge >= 0.3 is 0 Å². The number of aliphatic hydroxyl groups excluding tert-OH is 1. The molecule has 1 amide bonds. The zero-order valence-corrected chi connectivity index (χ0v) is 21.8. The van der Waals surface area contributed by atoms with Crippen LogP contribution in [0.2, 0.25) is 0 Å². The molecule has 0 spiro atoms. The number of anilines is 1. The number of amides is 1. The lowest BCUT2D eigenvalue weighted by Crippen LogP contribution is -2.45. The number of rotatable bonds is 11. The fourth-order valence-corrected chi connectivity index (χ4v) is 5.11. The molecule has 38 heavy (non-hydrogen) atoms. The molecule has 0 saturated heterocycles. The summed E-state index contributed by atoms with van der Waals surface area (Å²) in [5, 5.41) is 17.1. The Hall–Kier alpha value is -3.31. The number of aromatic nitrogens is 2. The van der Waals surface area contributed by atoms with Crippen LogP contribution in [0, 0.1) is 6.92 Å². The lowest BCUT2D eigenvalue weighted by molar-refractivity contribution is -0.0940. The number of hydrogen-bond donors (Lipinski definition) is 3. The zero-order valence-electron chi connectivity index (χ0n) is 21.8. The van der Waals surface area contributed by atoms with Gasteiger partial charge in [-0.25, -0.2) is 9.97 Å². The van der Waals surface area contributed by atoms with Crippen LogP contribution in [-0.2, 0) is 22.5 Å². The van der Waals surface area contributed by atoms with Crippen molar-refractivity contribution in [1.29, 1.82) is 0 Å². The number of β-amino-alcohol motifs (C(OH)–C–C–N with tert-alkyl or cyclic N) is 1. The predicted octanol–water partition coefficient (Wildman–Crippen LogP) is 2.83. The lowest BCUT2D eigenvalue weighted by atomic mass is 9.89. The first-order valence-electron chi connectivity index (χ1n) is 13.0. The van der Waals surface area contributed by atoms with Crippen LogP contribution in [0.5, 0.6) is 0 Å². The number of nitrogens with one attached hydrogen (secondary N) is 2. The highest BCUT2D eigenvalue weighted by molar-refractivity contribution is 5.94. The summed E-state index contributed by atoms with van der Waals surface area (Å²) in [6.45, 7) is 3.57. The van der Waals surface area contributed by atoms with Gasteiger partial charge in [0.1, 0.15) is 24.4 Å². The second-order valence-electron chi connectivity index (χ2n) is 9.98. The van der Waals surface area contributed by atoms with Crippen LogP contribution in [0.15, 0.2) is 53.5 Å². The first-order valence-corrected chi connectivity index (χ1v) is 13.0. The van der Waals surface area contributed by atoms with E-state index >= 15 is 0 Å². The summed E-state index contributed by atoms with van der Waals surface area (Å²) in [5.41, 5.74) is 4.08. The number of aliphatic hydroxyl groups is 1. The Morgan fingerprint density at radius 2 is 2.18 bits per heavy atom. The summed E-state index contributed by atoms with van der Waals surface area (Å²) < 4.78 is 16.9. The van der Waals surface area contributed by atoms with E-state index in [9.17, 15) is 9.90 Å². The SMILES string of the molecule is COC1CC(Nc2cc(C(=O)NC[C@H](O)CN3CCc4c(C)cccc4C3OCc3cnco3)ccn2)C1. The fraction of sp³-hybridized carbons (Fsp3) is 0.464. The molecule has 10 heteroatoms. The van der Waals surface area contributed by atoms with E-state index in [0.717, 1.165) is 31.4 Å². The molecule has 3 aromatic rings. The van der Waals surface area contributed by atoms with Crippen molar-refractivity contribution >= 4 is 11.7 Å². The van der Waals surface area contributed by atoms with Gasteiger partial charge in [-0.2, -0.15) is 0 Å². The molecule has 202 valence electrons. The van der Waals surface area contributed by atoms with Crippen LogP contribution in [0.4, 0.5) is 5.82 Å². The maximum absolute atomic E-state index is 12.8. The molecule has 3 N–H and O–H groups in total. The minimum absolute atomic E-state index is 0.119. The topological polar surface area (TPSA) is 122 Å². The quantitative estimate of drug-likeness (QED) is 0.350. The van der Waals surface area contributed by atoms with Crippen LogP contribution >= 0.6 is 0 Å². The molecule has 0 radical (unpaired) electrons. The molecule has 5 rings (SSSR count). The summed E-state index contributed by atoms with van der Waals surface area (Å²) >= 11 is 0. The van der Waals surface area contributed by atoms with E-state index in [0.29, 0.717) is 29.7 Å². The Kier molecular flexibility index (Phi) is 8.33. The molecule has 1 aliphatic heterocycles. The highest BCUT2D eigenvalue weighted by atomic mass is 16.5. The van der Waals surface area contributed by atoms with Crippen LogP contribution in [0.1, 0.15) is 51.9 Å². The maximum Gasteiger partial charge on any atom is 0.251 e. The number of oxazole rings is 1. The van der Waals surface area contributed by atoms with Crippen molar-refractivity contribution in [2.24, 2.45) is 0 Å². The van der Waals surface area contributed by atoms with Crippen molar-refractivity contribution in [3.63, 3.8) is 0 Å². The molecule has 1 aliphatic carbocycles. The minimum Gasteiger partial charge on any atom is -0.446 e. The van der Waals surface area contributed by atoms with Crippen molar-refractivity contribution < 1.29 is 23.8 Å². The van der Waals surface area contributed by atoms with Gasteiger partial charge in [-0.15, -0.1) is 0 Å². The number of benzene rings is 1. The Morgan fingerprint density at radius 3 is 2.97 bits per heavy atom. The molecule has 1 saturated carbocycles. The molecule has 10 nitrogen and oxygen atoms in total. The largest absolute Gasteiger partial charge is 0.446 e. The summed E-state index contributed by atoms with van der Waals surface area (Å²) in [6, 6.07) is 9.90. The number of fused-ring (bicyclic) bond motifs is 1. The van der Waals surface area contributed by atoms with Gasteiger partial charge in [0, 0.05) is 44.5 Å². The standard InChI is InChI=1S/C28H35N5O5/c1-18-4-3-5-25-24(18)7-9-33(28(25)37-16-23-14-29-17-38-23)15-21(34)13-31-27(35)19-6-8-30-26(10-19)32-20-11-22(12-20)36-2/h3-6,8,10,14,17,20-22,28,34H,7,9,11-13,15-16H2,1-2H3,(H,30,32)(H,31,35)/t20?,21-,22?,28?/m0/s1. The monoisotopic (exact) mass is 521 g/mol. The molecule has 2 aliphatic rings. The first kappa shape index (κ1) is 26.3. The van der Waals surface area contributed by atoms with Crippen LogP contribution in [-0.4, -0.2) is 70.9 Å². The Labute approximate surface area is 222 Å². The number of nitrogens with zero attached hydrogens (tertiary/aromatic N) is 3. The maximum atomic E-state index is 12.8. The third-order valence-electron chi connectivity index (χ3n) is 7.31. The molecule has 0 bridgehead atoms. The number of carbonyl (C=O) groups is 1. The molecule has 1 unspecified atom stereocenters. The minimum atomic E-state index is -0.776. The smallest absolute Gasteiger partial charge is 0.251 e. The summed E-state index contributed by atoms with van der Waals surface area (Å²) in [4.78, 5) is 23.2. The number of aryl methyl sites for hydroxylation is 1. The van der Waals surface area contributed by atoms with Gasteiger partial charge in [0.05, 0.1) is 18.4 Å². The Balaban J connectivity index is 1.17. The Morgan fingerprint density at radius 1 is 1.32 bits per heavy atom. The van der Waals surface area contributed by atoms with Gasteiger partial charge in [0.25, 0.3) is 5.91 Å². The van der Waals surface area contributed by atoms with E-state index in [1.54, 1.807) is 31.6 Å². The molecular weight excluding hydrogens is 486 g/mol. The molecule has 1 fully saturated rings. The van der Waals surface area contributed by atoms with E-state index in [1.165, 1.54) is 17.5 Å². The first-order chi connectivity index (χ1) is 18.5. The van der Waals surface area contributed by atoms with Crippen LogP contribution < -0.4 is 10.6 Å². The second-order valence-corrected chi connectivity index (χ2v) is 9.98. The average Bonchev–Trinajstić information content (AvgIpc) is 3.42.